The Morgan fingerprint density at radius 2 is 2.10 bits per heavy atom. The molecular weight excluding hydrogens is 333 g/mol. The molecule has 5 heteroatoms. The number of nitrogens with zero attached hydrogens (tertiary/aromatic N) is 2. The van der Waals surface area contributed by atoms with Gasteiger partial charge in [-0.1, -0.05) is 22.0 Å². The van der Waals surface area contributed by atoms with E-state index in [9.17, 15) is 4.39 Å². The molecule has 2 heterocycles. The quantitative estimate of drug-likeness (QED) is 0.922. The maximum absolute atomic E-state index is 13.2. The molecule has 1 aliphatic heterocycles. The first-order valence-corrected chi connectivity index (χ1v) is 7.82. The van der Waals surface area contributed by atoms with Gasteiger partial charge in [0.25, 0.3) is 0 Å². The van der Waals surface area contributed by atoms with E-state index in [1.807, 2.05) is 18.5 Å². The van der Waals surface area contributed by atoms with Crippen LogP contribution in [0.1, 0.15) is 17.2 Å². The van der Waals surface area contributed by atoms with Crippen LogP contribution < -0.4 is 5.32 Å². The van der Waals surface area contributed by atoms with E-state index in [1.54, 1.807) is 0 Å². The van der Waals surface area contributed by atoms with Crippen LogP contribution in [0.15, 0.2) is 47.2 Å². The van der Waals surface area contributed by atoms with E-state index in [1.165, 1.54) is 17.7 Å². The third kappa shape index (κ3) is 3.48. The van der Waals surface area contributed by atoms with Gasteiger partial charge < -0.3 is 5.32 Å². The molecule has 2 aromatic rings. The highest BCUT2D eigenvalue weighted by molar-refractivity contribution is 9.10. The normalized spacial score (nSPS) is 19.6. The Balaban J connectivity index is 1.81. The zero-order chi connectivity index (χ0) is 14.7. The van der Waals surface area contributed by atoms with Gasteiger partial charge in [-0.15, -0.1) is 0 Å². The molecule has 0 bridgehead atoms. The third-order valence-electron chi connectivity index (χ3n) is 3.83. The Morgan fingerprint density at radius 1 is 1.29 bits per heavy atom. The van der Waals surface area contributed by atoms with Gasteiger partial charge in [-0.3, -0.25) is 9.88 Å². The summed E-state index contributed by atoms with van der Waals surface area (Å²) in [6.07, 6.45) is 3.66. The summed E-state index contributed by atoms with van der Waals surface area (Å²) >= 11 is 3.46. The second-order valence-electron chi connectivity index (χ2n) is 5.21. The van der Waals surface area contributed by atoms with Gasteiger partial charge in [-0.05, 0) is 35.4 Å². The van der Waals surface area contributed by atoms with E-state index in [2.05, 4.69) is 43.3 Å². The Labute approximate surface area is 132 Å². The number of hydrogen-bond donors (Lipinski definition) is 1. The number of pyridine rings is 1. The lowest BCUT2D eigenvalue weighted by atomic mass is 10.0. The van der Waals surface area contributed by atoms with E-state index >= 15 is 0 Å². The van der Waals surface area contributed by atoms with Gasteiger partial charge in [0, 0.05) is 49.1 Å². The Kier molecular flexibility index (Phi) is 4.63. The van der Waals surface area contributed by atoms with Crippen molar-refractivity contribution in [3.05, 3.63) is 64.1 Å². The SMILES string of the molecule is Fc1ccc(CN2CCNCC2c2ccncc2)c(Br)c1. The number of halogens is 2. The Hall–Kier alpha value is -1.30. The minimum Gasteiger partial charge on any atom is -0.314 e. The number of benzene rings is 1. The lowest BCUT2D eigenvalue weighted by Crippen LogP contribution is -2.45. The van der Waals surface area contributed by atoms with Gasteiger partial charge >= 0.3 is 0 Å². The van der Waals surface area contributed by atoms with Crippen LogP contribution in [-0.2, 0) is 6.54 Å². The standard InChI is InChI=1S/C16H17BrFN3/c17-15-9-14(18)2-1-13(15)11-21-8-7-20-10-16(21)12-3-5-19-6-4-12/h1-6,9,16,20H,7-8,10-11H2. The number of hydrogen-bond acceptors (Lipinski definition) is 3. The van der Waals surface area contributed by atoms with Crippen LogP contribution in [0.2, 0.25) is 0 Å². The zero-order valence-corrected chi connectivity index (χ0v) is 13.2. The largest absolute Gasteiger partial charge is 0.314 e. The van der Waals surface area contributed by atoms with E-state index < -0.39 is 0 Å². The zero-order valence-electron chi connectivity index (χ0n) is 11.6. The minimum atomic E-state index is -0.211. The molecule has 3 rings (SSSR count). The van der Waals surface area contributed by atoms with Gasteiger partial charge in [0.1, 0.15) is 5.82 Å². The number of nitrogens with one attached hydrogen (secondary N) is 1. The molecule has 1 aromatic heterocycles. The van der Waals surface area contributed by atoms with Gasteiger partial charge in [0.15, 0.2) is 0 Å². The van der Waals surface area contributed by atoms with Crippen molar-refractivity contribution in [1.29, 1.82) is 0 Å². The van der Waals surface area contributed by atoms with Crippen LogP contribution in [-0.4, -0.2) is 29.5 Å². The van der Waals surface area contributed by atoms with Gasteiger partial charge in [0.05, 0.1) is 0 Å². The highest BCUT2D eigenvalue weighted by Crippen LogP contribution is 2.26. The monoisotopic (exact) mass is 349 g/mol. The van der Waals surface area contributed by atoms with Crippen molar-refractivity contribution >= 4 is 15.9 Å². The van der Waals surface area contributed by atoms with Crippen LogP contribution in [0.25, 0.3) is 0 Å². The predicted molar refractivity (Wildman–Crippen MR) is 84.4 cm³/mol. The topological polar surface area (TPSA) is 28.2 Å². The molecule has 3 nitrogen and oxygen atoms in total. The fraction of sp³-hybridized carbons (Fsp3) is 0.312. The lowest BCUT2D eigenvalue weighted by Gasteiger charge is -2.36. The van der Waals surface area contributed by atoms with Crippen LogP contribution in [0.3, 0.4) is 0 Å². The Morgan fingerprint density at radius 3 is 2.86 bits per heavy atom. The summed E-state index contributed by atoms with van der Waals surface area (Å²) < 4.78 is 14.0. The molecule has 1 aliphatic rings. The van der Waals surface area contributed by atoms with Crippen molar-refractivity contribution in [3.63, 3.8) is 0 Å². The maximum atomic E-state index is 13.2. The molecule has 1 saturated heterocycles. The van der Waals surface area contributed by atoms with Crippen LogP contribution in [0.4, 0.5) is 4.39 Å². The molecule has 0 amide bonds. The number of aromatic nitrogens is 1. The smallest absolute Gasteiger partial charge is 0.124 e. The van der Waals surface area contributed by atoms with Crippen molar-refractivity contribution in [2.45, 2.75) is 12.6 Å². The first kappa shape index (κ1) is 14.6. The fourth-order valence-electron chi connectivity index (χ4n) is 2.72. The molecule has 0 radical (unpaired) electrons. The minimum absolute atomic E-state index is 0.211. The third-order valence-corrected chi connectivity index (χ3v) is 4.57. The molecule has 1 atom stereocenters. The summed E-state index contributed by atoms with van der Waals surface area (Å²) in [6.45, 7) is 3.66. The molecule has 0 saturated carbocycles. The average molecular weight is 350 g/mol. The van der Waals surface area contributed by atoms with Crippen molar-refractivity contribution < 1.29 is 4.39 Å². The lowest BCUT2D eigenvalue weighted by molar-refractivity contribution is 0.153. The summed E-state index contributed by atoms with van der Waals surface area (Å²) in [7, 11) is 0. The van der Waals surface area contributed by atoms with E-state index in [4.69, 9.17) is 0 Å². The maximum Gasteiger partial charge on any atom is 0.124 e. The highest BCUT2D eigenvalue weighted by atomic mass is 79.9. The second-order valence-corrected chi connectivity index (χ2v) is 6.06. The van der Waals surface area contributed by atoms with Crippen molar-refractivity contribution in [2.75, 3.05) is 19.6 Å². The van der Waals surface area contributed by atoms with E-state index in [0.29, 0.717) is 6.04 Å². The second kappa shape index (κ2) is 6.64. The van der Waals surface area contributed by atoms with Crippen LogP contribution in [0, 0.1) is 5.82 Å². The van der Waals surface area contributed by atoms with Crippen LogP contribution in [0.5, 0.6) is 0 Å². The first-order valence-electron chi connectivity index (χ1n) is 7.02. The van der Waals surface area contributed by atoms with Gasteiger partial charge in [-0.25, -0.2) is 4.39 Å². The molecule has 0 spiro atoms. The summed E-state index contributed by atoms with van der Waals surface area (Å²) in [4.78, 5) is 6.51. The fourth-order valence-corrected chi connectivity index (χ4v) is 3.19. The van der Waals surface area contributed by atoms with E-state index in [0.717, 1.165) is 36.2 Å². The van der Waals surface area contributed by atoms with Crippen molar-refractivity contribution in [2.24, 2.45) is 0 Å². The molecule has 1 aromatic carbocycles. The Bertz CT molecular complexity index is 606. The van der Waals surface area contributed by atoms with Crippen molar-refractivity contribution in [1.82, 2.24) is 15.2 Å². The predicted octanol–water partition coefficient (Wildman–Crippen LogP) is 3.13. The van der Waals surface area contributed by atoms with Crippen molar-refractivity contribution in [3.8, 4) is 0 Å². The number of piperazine rings is 1. The van der Waals surface area contributed by atoms with Crippen LogP contribution >= 0.6 is 15.9 Å². The molecule has 1 unspecified atom stereocenters. The number of rotatable bonds is 3. The van der Waals surface area contributed by atoms with Gasteiger partial charge in [-0.2, -0.15) is 0 Å². The molecule has 0 aliphatic carbocycles. The summed E-state index contributed by atoms with van der Waals surface area (Å²) in [5.74, 6) is -0.211. The molecule has 110 valence electrons. The van der Waals surface area contributed by atoms with Gasteiger partial charge in [0.2, 0.25) is 0 Å². The summed E-state index contributed by atoms with van der Waals surface area (Å²) in [5.41, 5.74) is 2.37. The molecule has 1 fully saturated rings. The highest BCUT2D eigenvalue weighted by Gasteiger charge is 2.24. The molecular formula is C16H17BrFN3. The summed E-state index contributed by atoms with van der Waals surface area (Å²) in [5, 5.41) is 3.44. The first-order chi connectivity index (χ1) is 10.2. The summed E-state index contributed by atoms with van der Waals surface area (Å²) in [6, 6.07) is 9.33. The molecule has 1 N–H and O–H groups in total. The average Bonchev–Trinajstić information content (AvgIpc) is 2.51. The molecule has 21 heavy (non-hydrogen) atoms. The van der Waals surface area contributed by atoms with E-state index in [-0.39, 0.29) is 5.82 Å².